The number of nitrogens with zero attached hydrogens (tertiary/aromatic N) is 5. The second kappa shape index (κ2) is 10.9. The average molecular weight is 647 g/mol. The average Bonchev–Trinajstić information content (AvgIpc) is 3.66. The Morgan fingerprint density at radius 1 is 1.04 bits per heavy atom. The third-order valence-electron chi connectivity index (χ3n) is 11.3. The lowest BCUT2D eigenvalue weighted by Crippen LogP contribution is -2.51. The number of fused-ring (bicyclic) bond motifs is 7. The highest BCUT2D eigenvalue weighted by Crippen LogP contribution is 2.51. The maximum atomic E-state index is 16.8. The molecular weight excluding hydrogens is 610 g/mol. The molecule has 5 aliphatic rings. The number of aromatic nitrogens is 3. The lowest BCUT2D eigenvalue weighted by atomic mass is 9.81. The molecule has 46 heavy (non-hydrogen) atoms. The van der Waals surface area contributed by atoms with E-state index in [1.807, 2.05) is 6.07 Å². The molecular formula is C35H37ClF2N6O2. The Hall–Kier alpha value is -3.34. The molecule has 4 aromatic rings. The van der Waals surface area contributed by atoms with E-state index in [0.717, 1.165) is 38.8 Å². The van der Waals surface area contributed by atoms with Gasteiger partial charge in [0.25, 0.3) is 0 Å². The van der Waals surface area contributed by atoms with Crippen molar-refractivity contribution < 1.29 is 18.6 Å². The second-order valence-corrected chi connectivity index (χ2v) is 14.6. The van der Waals surface area contributed by atoms with E-state index in [0.29, 0.717) is 69.6 Å². The van der Waals surface area contributed by atoms with Gasteiger partial charge >= 0.3 is 6.01 Å². The number of halogens is 3. The number of phenolic OH excluding ortho intramolecular Hbond substituents is 1. The van der Waals surface area contributed by atoms with E-state index in [1.54, 1.807) is 24.4 Å². The van der Waals surface area contributed by atoms with Crippen molar-refractivity contribution >= 4 is 39.1 Å². The monoisotopic (exact) mass is 646 g/mol. The van der Waals surface area contributed by atoms with Crippen LogP contribution in [0.5, 0.6) is 11.8 Å². The lowest BCUT2D eigenvalue weighted by Gasteiger charge is -2.36. The third-order valence-corrected chi connectivity index (χ3v) is 11.6. The van der Waals surface area contributed by atoms with Gasteiger partial charge < -0.3 is 20.1 Å². The number of pyridine rings is 1. The van der Waals surface area contributed by atoms with Crippen LogP contribution in [0.3, 0.4) is 0 Å². The van der Waals surface area contributed by atoms with Gasteiger partial charge in [-0.15, -0.1) is 0 Å². The van der Waals surface area contributed by atoms with Crippen LogP contribution < -0.4 is 15.0 Å². The molecule has 6 heterocycles. The summed E-state index contributed by atoms with van der Waals surface area (Å²) in [6.45, 7) is 2.19. The van der Waals surface area contributed by atoms with Crippen molar-refractivity contribution in [3.05, 3.63) is 47.4 Å². The van der Waals surface area contributed by atoms with E-state index in [1.165, 1.54) is 25.3 Å². The molecule has 1 aliphatic carbocycles. The molecule has 11 heteroatoms. The number of ether oxygens (including phenoxy) is 1. The van der Waals surface area contributed by atoms with Crippen molar-refractivity contribution in [1.29, 1.82) is 0 Å². The van der Waals surface area contributed by atoms with Gasteiger partial charge in [-0.2, -0.15) is 9.97 Å². The predicted molar refractivity (Wildman–Crippen MR) is 174 cm³/mol. The molecule has 0 amide bonds. The van der Waals surface area contributed by atoms with Gasteiger partial charge in [0.1, 0.15) is 35.6 Å². The molecule has 0 radical (unpaired) electrons. The SMILES string of the molecule is Oc1cc(-c2ncc3c(N4CC5CCC(C4)N5)nc(OCC45CC(F)CN4C4CCCCC4C5)nc3c2F)c2c(Cl)cccc2c1. The molecule has 0 spiro atoms. The van der Waals surface area contributed by atoms with Crippen LogP contribution in [0.25, 0.3) is 32.9 Å². The molecule has 2 N–H and O–H groups in total. The van der Waals surface area contributed by atoms with Crippen molar-refractivity contribution in [3.8, 4) is 23.0 Å². The molecule has 8 nitrogen and oxygen atoms in total. The van der Waals surface area contributed by atoms with Gasteiger partial charge in [0, 0.05) is 66.3 Å². The maximum Gasteiger partial charge on any atom is 0.319 e. The molecule has 9 rings (SSSR count). The number of benzene rings is 2. The minimum absolute atomic E-state index is 0.0153. The molecule has 6 atom stereocenters. The quantitative estimate of drug-likeness (QED) is 0.257. The molecule has 2 bridgehead atoms. The fraction of sp³-hybridized carbons (Fsp3) is 0.514. The van der Waals surface area contributed by atoms with Crippen LogP contribution in [0.4, 0.5) is 14.6 Å². The largest absolute Gasteiger partial charge is 0.508 e. The van der Waals surface area contributed by atoms with Gasteiger partial charge in [0.2, 0.25) is 0 Å². The number of rotatable bonds is 5. The summed E-state index contributed by atoms with van der Waals surface area (Å²) in [7, 11) is 0. The third kappa shape index (κ3) is 4.62. The molecule has 6 unspecified atom stereocenters. The Morgan fingerprint density at radius 3 is 2.72 bits per heavy atom. The number of hydrogen-bond acceptors (Lipinski definition) is 8. The van der Waals surface area contributed by atoms with Crippen molar-refractivity contribution in [3.63, 3.8) is 0 Å². The first kappa shape index (κ1) is 28.8. The predicted octanol–water partition coefficient (Wildman–Crippen LogP) is 6.41. The van der Waals surface area contributed by atoms with Gasteiger partial charge in [-0.1, -0.05) is 36.6 Å². The normalized spacial score (nSPS) is 30.7. The van der Waals surface area contributed by atoms with E-state index in [4.69, 9.17) is 21.3 Å². The first-order valence-electron chi connectivity index (χ1n) is 16.7. The van der Waals surface area contributed by atoms with Crippen LogP contribution in [0.2, 0.25) is 5.02 Å². The molecule has 1 saturated carbocycles. The minimum atomic E-state index is -0.883. The van der Waals surface area contributed by atoms with E-state index in [2.05, 4.69) is 25.1 Å². The minimum Gasteiger partial charge on any atom is -0.508 e. The Labute approximate surface area is 271 Å². The summed E-state index contributed by atoms with van der Waals surface area (Å²) in [5, 5.41) is 16.4. The van der Waals surface area contributed by atoms with Crippen LogP contribution in [-0.2, 0) is 0 Å². The van der Waals surface area contributed by atoms with Crippen LogP contribution in [0.1, 0.15) is 51.4 Å². The summed E-state index contributed by atoms with van der Waals surface area (Å²) in [6, 6.07) is 9.59. The smallest absolute Gasteiger partial charge is 0.319 e. The number of aromatic hydroxyl groups is 1. The van der Waals surface area contributed by atoms with Gasteiger partial charge in [0.05, 0.1) is 10.9 Å². The van der Waals surface area contributed by atoms with Gasteiger partial charge in [0.15, 0.2) is 5.82 Å². The fourth-order valence-electron chi connectivity index (χ4n) is 9.45. The van der Waals surface area contributed by atoms with Gasteiger partial charge in [-0.3, -0.25) is 9.88 Å². The maximum absolute atomic E-state index is 16.8. The van der Waals surface area contributed by atoms with E-state index < -0.39 is 17.5 Å². The highest BCUT2D eigenvalue weighted by molar-refractivity contribution is 6.36. The summed E-state index contributed by atoms with van der Waals surface area (Å²) in [5.74, 6) is 0.509. The Balaban J connectivity index is 1.15. The molecule has 2 aromatic heterocycles. The van der Waals surface area contributed by atoms with Crippen LogP contribution >= 0.6 is 11.6 Å². The summed E-state index contributed by atoms with van der Waals surface area (Å²) in [6.07, 6.45) is 8.95. The molecule has 4 aliphatic heterocycles. The zero-order chi connectivity index (χ0) is 31.2. The number of phenols is 1. The Bertz CT molecular complexity index is 1850. The van der Waals surface area contributed by atoms with E-state index in [-0.39, 0.29) is 29.6 Å². The summed E-state index contributed by atoms with van der Waals surface area (Å²) < 4.78 is 38.2. The highest BCUT2D eigenvalue weighted by Gasteiger charge is 2.57. The zero-order valence-electron chi connectivity index (χ0n) is 25.6. The standard InChI is InChI=1S/C35H37ClF2N6O2/c36-27-6-3-5-19-10-24(45)11-25(29(19)27)31-30(38)32-26(14-39-31)33(43-16-22-8-9-23(17-43)40-22)42-34(41-32)46-18-35-12-20-4-1-2-7-28(20)44(35)15-21(37)13-35/h3,5-6,10-11,14,20-23,28,40,45H,1-2,4,7-9,12-13,15-18H2. The second-order valence-electron chi connectivity index (χ2n) is 14.2. The Kier molecular flexibility index (Phi) is 6.81. The van der Waals surface area contributed by atoms with E-state index in [9.17, 15) is 9.50 Å². The zero-order valence-corrected chi connectivity index (χ0v) is 26.3. The van der Waals surface area contributed by atoms with Crippen LogP contribution in [0, 0.1) is 11.7 Å². The van der Waals surface area contributed by atoms with Crippen molar-refractivity contribution in [1.82, 2.24) is 25.2 Å². The molecule has 2 aromatic carbocycles. The Morgan fingerprint density at radius 2 is 1.87 bits per heavy atom. The van der Waals surface area contributed by atoms with Crippen molar-refractivity contribution in [2.45, 2.75) is 81.2 Å². The molecule has 4 saturated heterocycles. The fourth-order valence-corrected chi connectivity index (χ4v) is 9.73. The van der Waals surface area contributed by atoms with Gasteiger partial charge in [-0.05, 0) is 61.6 Å². The number of alkyl halides is 1. The summed E-state index contributed by atoms with van der Waals surface area (Å²) in [5.41, 5.74) is 0.123. The number of anilines is 1. The first-order valence-corrected chi connectivity index (χ1v) is 17.1. The number of nitrogens with one attached hydrogen (secondary N) is 1. The van der Waals surface area contributed by atoms with Crippen LogP contribution in [-0.4, -0.2) is 81.0 Å². The number of piperazine rings is 1. The molecule has 5 fully saturated rings. The van der Waals surface area contributed by atoms with Crippen molar-refractivity contribution in [2.24, 2.45) is 5.92 Å². The lowest BCUT2D eigenvalue weighted by molar-refractivity contribution is 0.0775. The summed E-state index contributed by atoms with van der Waals surface area (Å²) in [4.78, 5) is 18.7. The summed E-state index contributed by atoms with van der Waals surface area (Å²) >= 11 is 6.60. The first-order chi connectivity index (χ1) is 22.3. The van der Waals surface area contributed by atoms with Gasteiger partial charge in [-0.25, -0.2) is 8.78 Å². The topological polar surface area (TPSA) is 86.6 Å². The van der Waals surface area contributed by atoms with Crippen LogP contribution in [0.15, 0.2) is 36.5 Å². The highest BCUT2D eigenvalue weighted by atomic mass is 35.5. The number of hydrogen-bond donors (Lipinski definition) is 2. The van der Waals surface area contributed by atoms with Crippen molar-refractivity contribution in [2.75, 3.05) is 31.1 Å². The van der Waals surface area contributed by atoms with E-state index >= 15 is 4.39 Å². The molecule has 240 valence electrons.